The lowest BCUT2D eigenvalue weighted by Gasteiger charge is -2.29. The van der Waals surface area contributed by atoms with E-state index in [1.807, 2.05) is 0 Å². The van der Waals surface area contributed by atoms with Gasteiger partial charge in [0.1, 0.15) is 0 Å². The van der Waals surface area contributed by atoms with Gasteiger partial charge in [-0.3, -0.25) is 0 Å². The first kappa shape index (κ1) is 14.7. The van der Waals surface area contributed by atoms with E-state index in [4.69, 9.17) is 11.6 Å². The van der Waals surface area contributed by atoms with Crippen LogP contribution in [0, 0.1) is 0 Å². The van der Waals surface area contributed by atoms with Crippen molar-refractivity contribution >= 4 is 17.3 Å². The molecule has 1 aliphatic heterocycles. The molecular weight excluding hydrogens is 256 g/mol. The molecule has 0 aliphatic carbocycles. The van der Waals surface area contributed by atoms with E-state index in [9.17, 15) is 0 Å². The number of benzene rings is 1. The number of nitrogens with zero attached hydrogens (tertiary/aromatic N) is 1. The van der Waals surface area contributed by atoms with Gasteiger partial charge in [0.15, 0.2) is 0 Å². The van der Waals surface area contributed by atoms with Crippen molar-refractivity contribution in [3.63, 3.8) is 0 Å². The Morgan fingerprint density at radius 3 is 2.63 bits per heavy atom. The Morgan fingerprint density at radius 1 is 1.26 bits per heavy atom. The smallest absolute Gasteiger partial charge is 0.0474 e. The predicted octanol–water partition coefficient (Wildman–Crippen LogP) is 4.39. The fourth-order valence-corrected chi connectivity index (χ4v) is 3.03. The molecule has 1 aliphatic rings. The second-order valence-electron chi connectivity index (χ2n) is 5.43. The Morgan fingerprint density at radius 2 is 2.00 bits per heavy atom. The molecule has 1 atom stereocenters. The van der Waals surface area contributed by atoms with Crippen molar-refractivity contribution in [1.29, 1.82) is 0 Å². The highest BCUT2D eigenvalue weighted by Crippen LogP contribution is 2.29. The van der Waals surface area contributed by atoms with Crippen molar-refractivity contribution in [2.75, 3.05) is 24.5 Å². The molecule has 1 fully saturated rings. The number of hydrogen-bond donors (Lipinski definition) is 1. The van der Waals surface area contributed by atoms with Gasteiger partial charge in [0.05, 0.1) is 0 Å². The molecule has 0 radical (unpaired) electrons. The normalized spacial score (nSPS) is 17.5. The highest BCUT2D eigenvalue weighted by molar-refractivity contribution is 6.31. The van der Waals surface area contributed by atoms with E-state index < -0.39 is 0 Å². The van der Waals surface area contributed by atoms with Crippen LogP contribution in [0.15, 0.2) is 18.2 Å². The quantitative estimate of drug-likeness (QED) is 0.860. The van der Waals surface area contributed by atoms with Crippen LogP contribution in [0.2, 0.25) is 5.02 Å². The van der Waals surface area contributed by atoms with Crippen LogP contribution in [0.25, 0.3) is 0 Å². The van der Waals surface area contributed by atoms with Crippen molar-refractivity contribution < 1.29 is 0 Å². The fraction of sp³-hybridized carbons (Fsp3) is 0.625. The van der Waals surface area contributed by atoms with E-state index in [0.717, 1.165) is 18.0 Å². The minimum atomic E-state index is 0.322. The summed E-state index contributed by atoms with van der Waals surface area (Å²) in [6.45, 7) is 7.72. The van der Waals surface area contributed by atoms with Crippen LogP contribution in [0.4, 0.5) is 5.69 Å². The number of rotatable bonds is 5. The van der Waals surface area contributed by atoms with Gasteiger partial charge in [-0.15, -0.1) is 0 Å². The largest absolute Gasteiger partial charge is 0.371 e. The van der Waals surface area contributed by atoms with Gasteiger partial charge in [0.25, 0.3) is 0 Å². The molecule has 3 heteroatoms. The number of piperidine rings is 1. The second-order valence-corrected chi connectivity index (χ2v) is 5.84. The van der Waals surface area contributed by atoms with Gasteiger partial charge in [-0.25, -0.2) is 0 Å². The average Bonchev–Trinajstić information content (AvgIpc) is 2.45. The van der Waals surface area contributed by atoms with Crippen LogP contribution in [-0.2, 0) is 0 Å². The zero-order valence-electron chi connectivity index (χ0n) is 12.1. The van der Waals surface area contributed by atoms with E-state index in [1.54, 1.807) is 0 Å². The maximum atomic E-state index is 6.46. The maximum absolute atomic E-state index is 6.46. The molecule has 0 amide bonds. The summed E-state index contributed by atoms with van der Waals surface area (Å²) in [5.74, 6) is 0. The van der Waals surface area contributed by atoms with E-state index in [2.05, 4.69) is 42.3 Å². The maximum Gasteiger partial charge on any atom is 0.0474 e. The van der Waals surface area contributed by atoms with Crippen molar-refractivity contribution in [3.05, 3.63) is 28.8 Å². The van der Waals surface area contributed by atoms with Crippen molar-refractivity contribution in [2.45, 2.75) is 45.6 Å². The van der Waals surface area contributed by atoms with E-state index in [0.29, 0.717) is 6.04 Å². The molecule has 0 aromatic heterocycles. The summed E-state index contributed by atoms with van der Waals surface area (Å²) in [6.07, 6.45) is 5.11. The van der Waals surface area contributed by atoms with Gasteiger partial charge < -0.3 is 10.2 Å². The molecule has 106 valence electrons. The summed E-state index contributed by atoms with van der Waals surface area (Å²) in [7, 11) is 0. The molecule has 0 spiro atoms. The molecule has 1 N–H and O–H groups in total. The van der Waals surface area contributed by atoms with E-state index >= 15 is 0 Å². The van der Waals surface area contributed by atoms with Gasteiger partial charge in [-0.05, 0) is 56.8 Å². The van der Waals surface area contributed by atoms with Gasteiger partial charge in [-0.1, -0.05) is 24.6 Å². The molecule has 1 heterocycles. The monoisotopic (exact) mass is 280 g/mol. The Bertz CT molecular complexity index is 400. The van der Waals surface area contributed by atoms with Gasteiger partial charge in [0.2, 0.25) is 0 Å². The third-order valence-electron chi connectivity index (χ3n) is 3.87. The average molecular weight is 281 g/mol. The first-order chi connectivity index (χ1) is 9.22. The second kappa shape index (κ2) is 7.16. The van der Waals surface area contributed by atoms with Crippen molar-refractivity contribution in [2.24, 2.45) is 0 Å². The Hall–Kier alpha value is -0.730. The molecule has 2 nitrogen and oxygen atoms in total. The summed E-state index contributed by atoms with van der Waals surface area (Å²) < 4.78 is 0. The number of halogens is 1. The molecular formula is C16H25ClN2. The molecule has 1 unspecified atom stereocenters. The molecule has 1 aromatic rings. The lowest BCUT2D eigenvalue weighted by molar-refractivity contribution is 0.569. The third kappa shape index (κ3) is 3.87. The van der Waals surface area contributed by atoms with Gasteiger partial charge in [0, 0.05) is 29.8 Å². The Balaban J connectivity index is 2.07. The zero-order chi connectivity index (χ0) is 13.7. The van der Waals surface area contributed by atoms with Crippen LogP contribution >= 0.6 is 11.6 Å². The van der Waals surface area contributed by atoms with Crippen LogP contribution in [0.1, 0.15) is 51.1 Å². The minimum Gasteiger partial charge on any atom is -0.371 e. The molecule has 2 rings (SSSR count). The van der Waals surface area contributed by atoms with Crippen LogP contribution < -0.4 is 10.2 Å². The lowest BCUT2D eigenvalue weighted by Crippen LogP contribution is -2.29. The molecule has 19 heavy (non-hydrogen) atoms. The Kier molecular flexibility index (Phi) is 5.53. The summed E-state index contributed by atoms with van der Waals surface area (Å²) in [5.41, 5.74) is 2.48. The number of nitrogens with one attached hydrogen (secondary N) is 1. The summed E-state index contributed by atoms with van der Waals surface area (Å²) in [6, 6.07) is 6.85. The number of anilines is 1. The molecule has 1 saturated heterocycles. The molecule has 0 saturated carbocycles. The summed E-state index contributed by atoms with van der Waals surface area (Å²) in [4.78, 5) is 2.45. The zero-order valence-corrected chi connectivity index (χ0v) is 12.8. The lowest BCUT2D eigenvalue weighted by atomic mass is 10.1. The van der Waals surface area contributed by atoms with Gasteiger partial charge >= 0.3 is 0 Å². The topological polar surface area (TPSA) is 15.3 Å². The van der Waals surface area contributed by atoms with Crippen LogP contribution in [-0.4, -0.2) is 19.6 Å². The minimum absolute atomic E-state index is 0.322. The van der Waals surface area contributed by atoms with Crippen molar-refractivity contribution in [3.8, 4) is 0 Å². The van der Waals surface area contributed by atoms with Crippen molar-refractivity contribution in [1.82, 2.24) is 5.32 Å². The van der Waals surface area contributed by atoms with Gasteiger partial charge in [-0.2, -0.15) is 0 Å². The highest BCUT2D eigenvalue weighted by atomic mass is 35.5. The first-order valence-corrected chi connectivity index (χ1v) is 7.88. The third-order valence-corrected chi connectivity index (χ3v) is 4.20. The van der Waals surface area contributed by atoms with E-state index in [-0.39, 0.29) is 0 Å². The number of hydrogen-bond acceptors (Lipinski definition) is 2. The fourth-order valence-electron chi connectivity index (χ4n) is 2.69. The highest BCUT2D eigenvalue weighted by Gasteiger charge is 2.14. The predicted molar refractivity (Wildman–Crippen MR) is 84.2 cm³/mol. The standard InChI is InChI=1S/C16H25ClN2/c1-3-9-18-13(2)15-8-7-14(12-16(15)17)19-10-5-4-6-11-19/h7-8,12-13,18H,3-6,9-11H2,1-2H3. The van der Waals surface area contributed by atoms with Crippen LogP contribution in [0.3, 0.4) is 0 Å². The van der Waals surface area contributed by atoms with Crippen LogP contribution in [0.5, 0.6) is 0 Å². The summed E-state index contributed by atoms with van der Waals surface area (Å²) in [5, 5.41) is 4.38. The molecule has 0 bridgehead atoms. The Labute approximate surface area is 122 Å². The first-order valence-electron chi connectivity index (χ1n) is 7.50. The SMILES string of the molecule is CCCNC(C)c1ccc(N2CCCCC2)cc1Cl. The van der Waals surface area contributed by atoms with E-state index in [1.165, 1.54) is 43.6 Å². The molecule has 1 aromatic carbocycles. The summed E-state index contributed by atoms with van der Waals surface area (Å²) >= 11 is 6.46.